The van der Waals surface area contributed by atoms with Gasteiger partial charge in [-0.3, -0.25) is 9.78 Å². The molecule has 5 nitrogen and oxygen atoms in total. The fourth-order valence-corrected chi connectivity index (χ4v) is 3.37. The smallest absolute Gasteiger partial charge is 0.276 e. The van der Waals surface area contributed by atoms with Crippen molar-refractivity contribution < 1.29 is 9.90 Å². The van der Waals surface area contributed by atoms with Crippen LogP contribution in [0.1, 0.15) is 34.1 Å². The van der Waals surface area contributed by atoms with Crippen molar-refractivity contribution in [2.75, 3.05) is 0 Å². The van der Waals surface area contributed by atoms with Crippen molar-refractivity contribution in [3.05, 3.63) is 94.8 Å². The Morgan fingerprint density at radius 1 is 1.04 bits per heavy atom. The fourth-order valence-electron chi connectivity index (χ4n) is 3.16. The molecule has 3 aromatic rings. The fraction of sp³-hybridized carbons (Fsp3) is 0.0952. The van der Waals surface area contributed by atoms with Crippen LogP contribution >= 0.6 is 11.6 Å². The van der Waals surface area contributed by atoms with Gasteiger partial charge >= 0.3 is 0 Å². The van der Waals surface area contributed by atoms with E-state index in [9.17, 15) is 9.90 Å². The first-order valence-electron chi connectivity index (χ1n) is 8.50. The number of carbonyl (C=O) groups is 1. The molecule has 1 aliphatic heterocycles. The number of aromatic hydroxyl groups is 1. The van der Waals surface area contributed by atoms with Gasteiger partial charge in [-0.25, -0.2) is 5.01 Å². The Bertz CT molecular complexity index is 1020. The number of halogens is 1. The molecule has 134 valence electrons. The molecule has 2 aromatic carbocycles. The average Bonchev–Trinajstić information content (AvgIpc) is 3.14. The quantitative estimate of drug-likeness (QED) is 0.734. The zero-order chi connectivity index (χ0) is 18.8. The summed E-state index contributed by atoms with van der Waals surface area (Å²) in [5.41, 5.74) is 2.38. The summed E-state index contributed by atoms with van der Waals surface area (Å²) in [5, 5.41) is 16.6. The van der Waals surface area contributed by atoms with Gasteiger partial charge in [0.1, 0.15) is 5.75 Å². The predicted molar refractivity (Wildman–Crippen MR) is 104 cm³/mol. The highest BCUT2D eigenvalue weighted by Crippen LogP contribution is 2.38. The van der Waals surface area contributed by atoms with E-state index in [1.165, 1.54) is 5.01 Å². The molecule has 1 aromatic heterocycles. The topological polar surface area (TPSA) is 65.8 Å². The van der Waals surface area contributed by atoms with E-state index in [-0.39, 0.29) is 11.7 Å². The van der Waals surface area contributed by atoms with Crippen LogP contribution < -0.4 is 0 Å². The number of nitrogens with zero attached hydrogens (tertiary/aromatic N) is 3. The van der Waals surface area contributed by atoms with Crippen LogP contribution in [0.25, 0.3) is 0 Å². The molecule has 1 amide bonds. The molecule has 0 aliphatic carbocycles. The number of hydrogen-bond donors (Lipinski definition) is 1. The maximum Gasteiger partial charge on any atom is 0.276 e. The van der Waals surface area contributed by atoms with Gasteiger partial charge in [0.2, 0.25) is 0 Å². The molecule has 1 N–H and O–H groups in total. The van der Waals surface area contributed by atoms with Crippen molar-refractivity contribution in [3.63, 3.8) is 0 Å². The second-order valence-corrected chi connectivity index (χ2v) is 6.58. The lowest BCUT2D eigenvalue weighted by Crippen LogP contribution is -2.27. The highest BCUT2D eigenvalue weighted by Gasteiger charge is 2.35. The minimum absolute atomic E-state index is 0.122. The molecular formula is C21H16ClN3O2. The number of para-hydroxylation sites is 1. The normalized spacial score (nSPS) is 16.3. The zero-order valence-electron chi connectivity index (χ0n) is 14.3. The molecule has 0 radical (unpaired) electrons. The summed E-state index contributed by atoms with van der Waals surface area (Å²) in [6.07, 6.45) is 2.14. The SMILES string of the molecule is O=C(c1ccccc1Cl)N1N=C(c2ccccn2)C[C@H]1c1ccccc1O. The Labute approximate surface area is 161 Å². The first-order chi connectivity index (χ1) is 13.1. The second-order valence-electron chi connectivity index (χ2n) is 6.17. The minimum Gasteiger partial charge on any atom is -0.508 e. The largest absolute Gasteiger partial charge is 0.508 e. The van der Waals surface area contributed by atoms with E-state index < -0.39 is 6.04 Å². The number of benzene rings is 2. The Balaban J connectivity index is 1.78. The van der Waals surface area contributed by atoms with Crippen molar-refractivity contribution in [3.8, 4) is 5.75 Å². The van der Waals surface area contributed by atoms with Crippen LogP contribution in [0.2, 0.25) is 5.02 Å². The molecule has 2 heterocycles. The van der Waals surface area contributed by atoms with Crippen LogP contribution in [0.4, 0.5) is 0 Å². The summed E-state index contributed by atoms with van der Waals surface area (Å²) in [4.78, 5) is 17.5. The van der Waals surface area contributed by atoms with Crippen molar-refractivity contribution in [2.24, 2.45) is 5.10 Å². The van der Waals surface area contributed by atoms with Gasteiger partial charge in [0.15, 0.2) is 0 Å². The van der Waals surface area contributed by atoms with Crippen molar-refractivity contribution in [1.29, 1.82) is 0 Å². The van der Waals surface area contributed by atoms with E-state index >= 15 is 0 Å². The third-order valence-corrected chi connectivity index (χ3v) is 4.81. The highest BCUT2D eigenvalue weighted by atomic mass is 35.5. The molecule has 27 heavy (non-hydrogen) atoms. The van der Waals surface area contributed by atoms with Crippen LogP contribution in [0.3, 0.4) is 0 Å². The number of carbonyl (C=O) groups excluding carboxylic acids is 1. The monoisotopic (exact) mass is 377 g/mol. The first kappa shape index (κ1) is 17.2. The summed E-state index contributed by atoms with van der Waals surface area (Å²) < 4.78 is 0. The summed E-state index contributed by atoms with van der Waals surface area (Å²) in [6.45, 7) is 0. The van der Waals surface area contributed by atoms with Gasteiger partial charge in [-0.05, 0) is 30.3 Å². The molecule has 4 rings (SSSR count). The van der Waals surface area contributed by atoms with E-state index in [1.54, 1.807) is 48.7 Å². The number of phenolic OH excluding ortho intramolecular Hbond substituents is 1. The molecule has 0 fully saturated rings. The number of phenols is 1. The number of hydrazone groups is 1. The van der Waals surface area contributed by atoms with E-state index in [1.807, 2.05) is 24.3 Å². The van der Waals surface area contributed by atoms with Crippen LogP contribution in [0, 0.1) is 0 Å². The lowest BCUT2D eigenvalue weighted by atomic mass is 9.99. The molecule has 0 unspecified atom stereocenters. The molecular weight excluding hydrogens is 362 g/mol. The number of amides is 1. The zero-order valence-corrected chi connectivity index (χ0v) is 15.0. The van der Waals surface area contributed by atoms with Gasteiger partial charge in [-0.1, -0.05) is 48.0 Å². The second kappa shape index (κ2) is 7.21. The number of pyridine rings is 1. The van der Waals surface area contributed by atoms with E-state index in [2.05, 4.69) is 10.1 Å². The average molecular weight is 378 g/mol. The molecule has 1 atom stereocenters. The maximum atomic E-state index is 13.2. The molecule has 0 spiro atoms. The van der Waals surface area contributed by atoms with E-state index in [0.29, 0.717) is 34.0 Å². The number of hydrogen-bond acceptors (Lipinski definition) is 4. The molecule has 0 bridgehead atoms. The van der Waals surface area contributed by atoms with Gasteiger partial charge in [0.25, 0.3) is 5.91 Å². The predicted octanol–water partition coefficient (Wildman–Crippen LogP) is 4.43. The molecule has 6 heteroatoms. The lowest BCUT2D eigenvalue weighted by Gasteiger charge is -2.23. The lowest BCUT2D eigenvalue weighted by molar-refractivity contribution is 0.0710. The Hall–Kier alpha value is -3.18. The van der Waals surface area contributed by atoms with Crippen molar-refractivity contribution >= 4 is 23.2 Å². The third-order valence-electron chi connectivity index (χ3n) is 4.48. The van der Waals surface area contributed by atoms with Gasteiger partial charge in [0.05, 0.1) is 28.0 Å². The number of aromatic nitrogens is 1. The molecule has 0 saturated heterocycles. The minimum atomic E-state index is -0.438. The van der Waals surface area contributed by atoms with Gasteiger partial charge in [-0.15, -0.1) is 0 Å². The Morgan fingerprint density at radius 3 is 2.52 bits per heavy atom. The van der Waals surface area contributed by atoms with Crippen LogP contribution in [-0.4, -0.2) is 26.7 Å². The standard InChI is InChI=1S/C21H16ClN3O2/c22-16-9-3-1-7-14(16)21(27)25-19(15-8-2-4-11-20(15)26)13-18(24-25)17-10-5-6-12-23-17/h1-12,19,26H,13H2/t19-/m0/s1. The Morgan fingerprint density at radius 2 is 1.78 bits per heavy atom. The van der Waals surface area contributed by atoms with Gasteiger partial charge in [0, 0.05) is 18.2 Å². The van der Waals surface area contributed by atoms with Crippen LogP contribution in [0.5, 0.6) is 5.75 Å². The number of rotatable bonds is 3. The molecule has 1 aliphatic rings. The van der Waals surface area contributed by atoms with E-state index in [0.717, 1.165) is 0 Å². The molecule has 0 saturated carbocycles. The highest BCUT2D eigenvalue weighted by molar-refractivity contribution is 6.33. The van der Waals surface area contributed by atoms with Crippen LogP contribution in [-0.2, 0) is 0 Å². The van der Waals surface area contributed by atoms with Crippen molar-refractivity contribution in [2.45, 2.75) is 12.5 Å². The van der Waals surface area contributed by atoms with Crippen LogP contribution in [0.15, 0.2) is 78.0 Å². The third kappa shape index (κ3) is 3.29. The summed E-state index contributed by atoms with van der Waals surface area (Å²) in [7, 11) is 0. The van der Waals surface area contributed by atoms with Gasteiger partial charge in [-0.2, -0.15) is 5.10 Å². The van der Waals surface area contributed by atoms with Gasteiger partial charge < -0.3 is 5.11 Å². The van der Waals surface area contributed by atoms with E-state index in [4.69, 9.17) is 11.6 Å². The summed E-state index contributed by atoms with van der Waals surface area (Å²) in [6, 6.07) is 18.9. The summed E-state index contributed by atoms with van der Waals surface area (Å²) in [5.74, 6) is -0.197. The van der Waals surface area contributed by atoms with Crippen molar-refractivity contribution in [1.82, 2.24) is 9.99 Å². The maximum absolute atomic E-state index is 13.2. The summed E-state index contributed by atoms with van der Waals surface area (Å²) >= 11 is 6.22. The first-order valence-corrected chi connectivity index (χ1v) is 8.88. The Kier molecular flexibility index (Phi) is 4.60.